The summed E-state index contributed by atoms with van der Waals surface area (Å²) < 4.78 is 5.88. The van der Waals surface area contributed by atoms with E-state index in [0.29, 0.717) is 16.3 Å². The first-order valence-electron chi connectivity index (χ1n) is 38.0. The number of hydrogen-bond donors (Lipinski definition) is 15. The number of carbonyl (C=O) groups excluding carboxylic acids is 18. The molecule has 0 saturated carbocycles. The lowest BCUT2D eigenvalue weighted by Gasteiger charge is -2.34. The van der Waals surface area contributed by atoms with Gasteiger partial charge in [0, 0.05) is 144 Å². The van der Waals surface area contributed by atoms with Crippen molar-refractivity contribution in [2.45, 2.75) is 26.3 Å². The van der Waals surface area contributed by atoms with Crippen LogP contribution in [-0.2, 0) is 91.0 Å². The molecule has 0 atom stereocenters. The van der Waals surface area contributed by atoms with Crippen LogP contribution in [0.3, 0.4) is 0 Å². The van der Waals surface area contributed by atoms with E-state index in [4.69, 9.17) is 0 Å². The van der Waals surface area contributed by atoms with Gasteiger partial charge in [-0.1, -0.05) is 48.5 Å². The largest absolute Gasteiger partial charge is 0.494 e. The quantitative estimate of drug-likeness (QED) is 0.0503. The topological polar surface area (TPSA) is 629 Å². The van der Waals surface area contributed by atoms with Crippen LogP contribution in [0.2, 0.25) is 0 Å². The number of aromatic hydroxyl groups is 1. The van der Waals surface area contributed by atoms with Gasteiger partial charge in [-0.25, -0.2) is 48.5 Å². The first-order valence-corrected chi connectivity index (χ1v) is 38.9. The number of barbiturate groups is 6. The smallest absolute Gasteiger partial charge is 0.328 e. The lowest BCUT2D eigenvalue weighted by molar-refractivity contribution is -0.144. The number of aromatic nitrogens is 9. The number of nitrogens with one attached hydrogen (secondary N) is 14. The van der Waals surface area contributed by atoms with E-state index in [2.05, 4.69) is 74.8 Å². The molecule has 0 unspecified atom stereocenters. The molecule has 18 rings (SSSR count). The van der Waals surface area contributed by atoms with Crippen molar-refractivity contribution in [1.29, 1.82) is 0 Å². The number of fused-ring (bicyclic) bond motifs is 4. The molecule has 654 valence electrons. The zero-order chi connectivity index (χ0) is 93.0. The Kier molecular flexibility index (Phi) is 28.2. The number of H-pyrrole nitrogens is 2. The van der Waals surface area contributed by atoms with Gasteiger partial charge in [0.25, 0.3) is 64.6 Å². The molecular formula is C85H67N23O21S. The summed E-state index contributed by atoms with van der Waals surface area (Å²) in [6.07, 6.45) is 26.2. The normalized spacial score (nSPS) is 15.4. The number of aryl methyl sites for hydroxylation is 3. The van der Waals surface area contributed by atoms with E-state index in [9.17, 15) is 101 Å². The van der Waals surface area contributed by atoms with Gasteiger partial charge in [-0.2, -0.15) is 0 Å². The third-order valence-corrected chi connectivity index (χ3v) is 19.6. The van der Waals surface area contributed by atoms with Gasteiger partial charge in [-0.05, 0) is 139 Å². The van der Waals surface area contributed by atoms with E-state index in [0.717, 1.165) is 61.5 Å². The predicted molar refractivity (Wildman–Crippen MR) is 462 cm³/mol. The molecule has 6 saturated heterocycles. The average molecular weight is 1780 g/mol. The highest BCUT2D eigenvalue weighted by atomic mass is 32.1. The van der Waals surface area contributed by atoms with E-state index >= 15 is 0 Å². The molecule has 0 bridgehead atoms. The maximum absolute atomic E-state index is 12.5. The van der Waals surface area contributed by atoms with Crippen LogP contribution >= 0.6 is 11.3 Å². The second-order valence-electron chi connectivity index (χ2n) is 27.5. The van der Waals surface area contributed by atoms with Crippen molar-refractivity contribution >= 4 is 200 Å². The zero-order valence-corrected chi connectivity index (χ0v) is 68.3. The number of imide groups is 12. The predicted octanol–water partition coefficient (Wildman–Crippen LogP) is 2.83. The molecule has 8 aromatic heterocycles. The number of hydrogen-bond acceptors (Lipinski definition) is 28. The highest BCUT2D eigenvalue weighted by Crippen LogP contribution is 2.33. The van der Waals surface area contributed by atoms with Gasteiger partial charge in [-0.3, -0.25) is 151 Å². The summed E-state index contributed by atoms with van der Waals surface area (Å²) in [6, 6.07) is 30.7. The summed E-state index contributed by atoms with van der Waals surface area (Å²) in [7, 11) is 3.67. The lowest BCUT2D eigenvalue weighted by Crippen LogP contribution is -2.64. The minimum atomic E-state index is -1.39. The molecule has 3 aromatic carbocycles. The second kappa shape index (κ2) is 40.5. The Bertz CT molecular complexity index is 6780. The molecule has 7 aliphatic heterocycles. The summed E-state index contributed by atoms with van der Waals surface area (Å²) in [4.78, 5) is 255. The minimum absolute atomic E-state index is 0.0820. The summed E-state index contributed by atoms with van der Waals surface area (Å²) in [5.74, 6) is -8.39. The van der Waals surface area contributed by atoms with Crippen molar-refractivity contribution in [3.8, 4) is 5.88 Å². The van der Waals surface area contributed by atoms with Crippen molar-refractivity contribution in [1.82, 2.24) is 107 Å². The molecule has 44 nitrogen and oxygen atoms in total. The van der Waals surface area contributed by atoms with E-state index in [1.807, 2.05) is 125 Å². The summed E-state index contributed by atoms with van der Waals surface area (Å²) in [5.41, 5.74) is 4.16. The molecule has 15 heterocycles. The average Bonchev–Trinajstić information content (AvgIpc) is 1.68. The molecule has 15 N–H and O–H groups in total. The van der Waals surface area contributed by atoms with E-state index in [-0.39, 0.29) is 52.1 Å². The molecule has 24 amide bonds. The third kappa shape index (κ3) is 22.2. The van der Waals surface area contributed by atoms with Gasteiger partial charge >= 0.3 is 41.9 Å². The molecule has 0 spiro atoms. The standard InChI is InChI=1S/C19H15N3O3.C16H14N4O3.C14H11N3O3.C10H9N3O3.C10H7N3O3.C8H6N4O3.C8H5N3O3S/c1-2-22-15-6-4-3-5-12(15)13-9-11(7-8-16(13)22)10-14-17(23)20-19(25)21-18(14)24;21-13-16(14(22)20-15(23)19-13,9-11-1-5-17-6-2-11)10-12-3-7-18-8-4-12;1-17-7-8(9-4-2-3-5-11(9)17)6-10-12(18)15-14(20)16-13(10)19;1-13-4-2-3-6(13)5-7-8(14)11-10(16)12-9(7)15;14-8-7(9(15)13-10(16)12-8)4-6-2-1-3-11-5-6;13-6-4(3-5-9-1-2-10-5)7(14)12-8(15)11-6;12-6-4(3-5-9-1-2-15-5)7(13)11-8(14)10-6/h3-10H,2H2,1H3,(H2,20,21,23,24,25);1-8H,9-10H2,(H2,19,20,21,22,23);2-7H,1H3,(H2,15,16,18,19,20);2-5H,1H3,(H2,11,12,14,15,16);1-5H,(H2,12,13,14,15,16);1-3H,(H3,11,12,13,14,15);1-3H,(H2,10,11,12,13,14). The Hall–Kier alpha value is -18.7. The fraction of sp³-hybridized carbons (Fsp3) is 0.0824. The SMILES string of the molecule is CCn1c2ccccc2c2cc(C=C3C(=O)NC(=O)NC3=O)ccc21.Cn1cc(C=C2C(=O)NC(=O)NC2=O)c2ccccc21.Cn1cccc1C=C1C(=O)NC(=O)NC1=O.O=C1NC(=O)C(=Cc2cccnc2)C(=O)N1.O=C1NC(=O)C(=Cc2nccs2)C(=O)N1.O=C1NC(=O)C(Cc2ccncc2)(Cc2ccncc2)C(=O)N1.O=c1[nH]c(O)c(C=C2N=CC=N2)c(=O)[nH]1. The number of rotatable bonds is 11. The van der Waals surface area contributed by atoms with E-state index in [1.54, 1.807) is 109 Å². The van der Waals surface area contributed by atoms with Crippen LogP contribution in [0.5, 0.6) is 5.88 Å². The van der Waals surface area contributed by atoms with Crippen LogP contribution in [0.15, 0.2) is 230 Å². The van der Waals surface area contributed by atoms with Gasteiger partial charge in [0.1, 0.15) is 43.9 Å². The molecule has 11 aromatic rings. The maximum atomic E-state index is 12.5. The number of para-hydroxylation sites is 2. The monoisotopic (exact) mass is 1780 g/mol. The van der Waals surface area contributed by atoms with Gasteiger partial charge in [-0.15, -0.1) is 11.3 Å². The number of carbonyl (C=O) groups is 18. The van der Waals surface area contributed by atoms with Crippen LogP contribution in [0.4, 0.5) is 28.8 Å². The van der Waals surface area contributed by atoms with Crippen molar-refractivity contribution in [2.75, 3.05) is 0 Å². The van der Waals surface area contributed by atoms with Gasteiger partial charge in [0.2, 0.25) is 17.7 Å². The lowest BCUT2D eigenvalue weighted by atomic mass is 9.74. The van der Waals surface area contributed by atoms with Gasteiger partial charge in [0.05, 0.1) is 0 Å². The van der Waals surface area contributed by atoms with Gasteiger partial charge in [0.15, 0.2) is 5.82 Å². The number of benzene rings is 3. The summed E-state index contributed by atoms with van der Waals surface area (Å²) in [6.45, 7) is 2.94. The minimum Gasteiger partial charge on any atom is -0.494 e. The number of aliphatic imine (C=N–C) groups is 2. The van der Waals surface area contributed by atoms with Crippen LogP contribution in [0.1, 0.15) is 51.0 Å². The maximum Gasteiger partial charge on any atom is 0.328 e. The Morgan fingerprint density at radius 1 is 0.408 bits per heavy atom. The van der Waals surface area contributed by atoms with Crippen LogP contribution in [0, 0.1) is 5.41 Å². The van der Waals surface area contributed by atoms with Crippen molar-refractivity contribution in [3.05, 3.63) is 275 Å². The molecule has 6 fully saturated rings. The van der Waals surface area contributed by atoms with Crippen molar-refractivity contribution in [3.63, 3.8) is 0 Å². The second-order valence-corrected chi connectivity index (χ2v) is 28.5. The number of urea groups is 6. The molecule has 0 radical (unpaired) electrons. The molecule has 7 aliphatic rings. The van der Waals surface area contributed by atoms with Crippen molar-refractivity contribution in [2.24, 2.45) is 29.5 Å². The van der Waals surface area contributed by atoms with Crippen LogP contribution in [-0.4, -0.2) is 168 Å². The fourth-order valence-electron chi connectivity index (χ4n) is 12.9. The van der Waals surface area contributed by atoms with Crippen LogP contribution in [0.25, 0.3) is 69.2 Å². The van der Waals surface area contributed by atoms with E-state index in [1.165, 1.54) is 66.4 Å². The Morgan fingerprint density at radius 3 is 1.32 bits per heavy atom. The molecule has 45 heteroatoms. The number of amides is 24. The molecular weight excluding hydrogens is 1710 g/mol. The Labute approximate surface area is 732 Å². The summed E-state index contributed by atoms with van der Waals surface area (Å²) in [5, 5.41) is 39.2. The van der Waals surface area contributed by atoms with Gasteiger partial charge < -0.3 is 18.8 Å². The first kappa shape index (κ1) is 90.5. The first-order chi connectivity index (χ1) is 62.3. The zero-order valence-electron chi connectivity index (χ0n) is 67.5. The highest BCUT2D eigenvalue weighted by molar-refractivity contribution is 7.10. The number of thiazole rings is 1. The van der Waals surface area contributed by atoms with E-state index < -0.39 is 130 Å². The molecule has 130 heavy (non-hydrogen) atoms. The fourth-order valence-corrected chi connectivity index (χ4v) is 13.5. The number of nitrogens with zero attached hydrogens (tertiary/aromatic N) is 9. The summed E-state index contributed by atoms with van der Waals surface area (Å²) >= 11 is 1.29. The number of pyridine rings is 3. The third-order valence-electron chi connectivity index (χ3n) is 18.9. The molecule has 0 aliphatic carbocycles. The highest BCUT2D eigenvalue weighted by Gasteiger charge is 2.50. The number of aromatic amines is 2. The van der Waals surface area contributed by atoms with Crippen molar-refractivity contribution < 1.29 is 91.4 Å². The Morgan fingerprint density at radius 2 is 0.862 bits per heavy atom. The van der Waals surface area contributed by atoms with Crippen LogP contribution < -0.4 is 75.1 Å². The Balaban J connectivity index is 0.000000138.